The molecule has 3 aromatic rings. The Hall–Kier alpha value is -2.32. The molecule has 1 nitrogen and oxygen atoms in total. The minimum absolute atomic E-state index is 0.0658. The molecule has 2 heteroatoms. The summed E-state index contributed by atoms with van der Waals surface area (Å²) >= 11 is 1.74. The second kappa shape index (κ2) is 7.30. The van der Waals surface area contributed by atoms with Gasteiger partial charge in [0, 0.05) is 20.9 Å². The van der Waals surface area contributed by atoms with Crippen LogP contribution in [0.3, 0.4) is 0 Å². The third-order valence-electron chi connectivity index (χ3n) is 3.73. The van der Waals surface area contributed by atoms with Crippen molar-refractivity contribution in [3.63, 3.8) is 0 Å². The van der Waals surface area contributed by atoms with Crippen LogP contribution in [0.4, 0.5) is 0 Å². The first kappa shape index (κ1) is 15.6. The summed E-state index contributed by atoms with van der Waals surface area (Å²) in [5.74, 6) is 0.0658. The molecule has 0 bridgehead atoms. The van der Waals surface area contributed by atoms with E-state index in [0.29, 0.717) is 0 Å². The summed E-state index contributed by atoms with van der Waals surface area (Å²) in [6, 6.07) is 25.7. The summed E-state index contributed by atoms with van der Waals surface area (Å²) in [5.41, 5.74) is 2.80. The number of benzene rings is 3. The minimum atomic E-state index is 0.0658. The fourth-order valence-corrected chi connectivity index (χ4v) is 3.47. The Balaban J connectivity index is 1.79. The molecule has 0 aromatic heterocycles. The molecule has 3 rings (SSSR count). The molecule has 0 radical (unpaired) electrons. The van der Waals surface area contributed by atoms with Crippen molar-refractivity contribution < 1.29 is 4.79 Å². The number of ketones is 1. The summed E-state index contributed by atoms with van der Waals surface area (Å²) in [6.07, 6.45) is 1.02. The normalized spacial score (nSPS) is 10.5. The molecular formula is C21H18OS. The van der Waals surface area contributed by atoms with E-state index in [9.17, 15) is 4.79 Å². The van der Waals surface area contributed by atoms with Gasteiger partial charge in [-0.1, -0.05) is 67.2 Å². The third-order valence-corrected chi connectivity index (χ3v) is 4.86. The van der Waals surface area contributed by atoms with Crippen molar-refractivity contribution in [1.82, 2.24) is 0 Å². The zero-order valence-electron chi connectivity index (χ0n) is 13.0. The predicted octanol–water partition coefficient (Wildman–Crippen LogP) is 5.63. The molecule has 0 saturated heterocycles. The molecule has 23 heavy (non-hydrogen) atoms. The lowest BCUT2D eigenvalue weighted by Gasteiger charge is -2.08. The lowest BCUT2D eigenvalue weighted by atomic mass is 10.0. The van der Waals surface area contributed by atoms with Gasteiger partial charge in [-0.25, -0.2) is 0 Å². The molecule has 0 amide bonds. The highest BCUT2D eigenvalue weighted by atomic mass is 32.2. The molecule has 0 N–H and O–H groups in total. The van der Waals surface area contributed by atoms with Gasteiger partial charge in [0.25, 0.3) is 0 Å². The van der Waals surface area contributed by atoms with Gasteiger partial charge in [-0.2, -0.15) is 0 Å². The number of carbonyl (C=O) groups is 1. The monoisotopic (exact) mass is 318 g/mol. The molecule has 0 aliphatic carbocycles. The molecule has 0 unspecified atom stereocenters. The summed E-state index contributed by atoms with van der Waals surface area (Å²) in [4.78, 5) is 14.8. The summed E-state index contributed by atoms with van der Waals surface area (Å²) in [7, 11) is 0. The maximum Gasteiger partial charge on any atom is 0.193 e. The Morgan fingerprint density at radius 1 is 0.783 bits per heavy atom. The van der Waals surface area contributed by atoms with E-state index in [2.05, 4.69) is 31.2 Å². The van der Waals surface area contributed by atoms with Gasteiger partial charge in [0.2, 0.25) is 0 Å². The van der Waals surface area contributed by atoms with Crippen LogP contribution in [0.25, 0.3) is 0 Å². The highest BCUT2D eigenvalue weighted by Gasteiger charge is 2.09. The van der Waals surface area contributed by atoms with E-state index in [1.807, 2.05) is 54.6 Å². The van der Waals surface area contributed by atoms with Crippen LogP contribution in [0, 0.1) is 0 Å². The summed E-state index contributed by atoms with van der Waals surface area (Å²) in [6.45, 7) is 2.17. The van der Waals surface area contributed by atoms with E-state index < -0.39 is 0 Å². The smallest absolute Gasteiger partial charge is 0.193 e. The van der Waals surface area contributed by atoms with Gasteiger partial charge in [-0.05, 0) is 42.3 Å². The van der Waals surface area contributed by atoms with E-state index in [0.717, 1.165) is 22.4 Å². The van der Waals surface area contributed by atoms with Crippen molar-refractivity contribution >= 4 is 17.5 Å². The minimum Gasteiger partial charge on any atom is -0.289 e. The molecule has 114 valence electrons. The average molecular weight is 318 g/mol. The Morgan fingerprint density at radius 3 is 2.09 bits per heavy atom. The van der Waals surface area contributed by atoms with Crippen molar-refractivity contribution in [3.8, 4) is 0 Å². The predicted molar refractivity (Wildman–Crippen MR) is 96.3 cm³/mol. The Bertz CT molecular complexity index is 792. The Kier molecular flexibility index (Phi) is 4.94. The zero-order chi connectivity index (χ0) is 16.1. The van der Waals surface area contributed by atoms with Crippen molar-refractivity contribution in [1.29, 1.82) is 0 Å². The molecule has 0 heterocycles. The molecule has 0 aliphatic rings. The molecule has 0 aliphatic heterocycles. The van der Waals surface area contributed by atoms with Crippen LogP contribution in [0.2, 0.25) is 0 Å². The Labute approximate surface area is 141 Å². The molecule has 0 saturated carbocycles. The first-order valence-corrected chi connectivity index (χ1v) is 8.55. The highest BCUT2D eigenvalue weighted by Crippen LogP contribution is 2.31. The second-order valence-corrected chi connectivity index (χ2v) is 6.40. The van der Waals surface area contributed by atoms with E-state index in [4.69, 9.17) is 0 Å². The van der Waals surface area contributed by atoms with Crippen LogP contribution in [0.15, 0.2) is 88.7 Å². The number of hydrogen-bond donors (Lipinski definition) is 0. The first-order chi connectivity index (χ1) is 11.3. The Morgan fingerprint density at radius 2 is 1.39 bits per heavy atom. The summed E-state index contributed by atoms with van der Waals surface area (Å²) in [5, 5.41) is 0. The fraction of sp³-hybridized carbons (Fsp3) is 0.0952. The molecule has 3 aromatic carbocycles. The van der Waals surface area contributed by atoms with E-state index >= 15 is 0 Å². The van der Waals surface area contributed by atoms with Crippen LogP contribution in [0.5, 0.6) is 0 Å². The van der Waals surface area contributed by atoms with Gasteiger partial charge < -0.3 is 0 Å². The quantitative estimate of drug-likeness (QED) is 0.567. The van der Waals surface area contributed by atoms with Crippen LogP contribution >= 0.6 is 11.8 Å². The zero-order valence-corrected chi connectivity index (χ0v) is 13.8. The first-order valence-electron chi connectivity index (χ1n) is 7.73. The van der Waals surface area contributed by atoms with Gasteiger partial charge in [0.1, 0.15) is 0 Å². The molecule has 0 fully saturated rings. The van der Waals surface area contributed by atoms with E-state index in [-0.39, 0.29) is 5.78 Å². The topological polar surface area (TPSA) is 17.1 Å². The standard InChI is InChI=1S/C21H18OS/c1-2-16-8-6-7-11-20(16)23-19-14-12-18(13-15-19)21(22)17-9-4-3-5-10-17/h3-15H,2H2,1H3. The van der Waals surface area contributed by atoms with Gasteiger partial charge in [0.15, 0.2) is 5.78 Å². The van der Waals surface area contributed by atoms with Crippen molar-refractivity contribution in [2.45, 2.75) is 23.1 Å². The van der Waals surface area contributed by atoms with Gasteiger partial charge in [-0.3, -0.25) is 4.79 Å². The largest absolute Gasteiger partial charge is 0.289 e. The second-order valence-electron chi connectivity index (χ2n) is 5.28. The maximum absolute atomic E-state index is 12.4. The third kappa shape index (κ3) is 3.72. The van der Waals surface area contributed by atoms with E-state index in [1.165, 1.54) is 10.5 Å². The van der Waals surface area contributed by atoms with Gasteiger partial charge in [0.05, 0.1) is 0 Å². The van der Waals surface area contributed by atoms with Crippen LogP contribution in [0.1, 0.15) is 28.4 Å². The van der Waals surface area contributed by atoms with Crippen LogP contribution in [-0.4, -0.2) is 5.78 Å². The average Bonchev–Trinajstić information content (AvgIpc) is 2.63. The number of hydrogen-bond acceptors (Lipinski definition) is 2. The molecule has 0 atom stereocenters. The number of carbonyl (C=O) groups excluding carboxylic acids is 1. The van der Waals surface area contributed by atoms with E-state index in [1.54, 1.807) is 11.8 Å². The maximum atomic E-state index is 12.4. The molecule has 0 spiro atoms. The summed E-state index contributed by atoms with van der Waals surface area (Å²) < 4.78 is 0. The van der Waals surface area contributed by atoms with Crippen molar-refractivity contribution in [3.05, 3.63) is 95.6 Å². The number of rotatable bonds is 5. The SMILES string of the molecule is CCc1ccccc1Sc1ccc(C(=O)c2ccccc2)cc1. The lowest BCUT2D eigenvalue weighted by Crippen LogP contribution is -2.00. The van der Waals surface area contributed by atoms with Crippen molar-refractivity contribution in [2.24, 2.45) is 0 Å². The lowest BCUT2D eigenvalue weighted by molar-refractivity contribution is 0.103. The van der Waals surface area contributed by atoms with Crippen LogP contribution in [-0.2, 0) is 6.42 Å². The van der Waals surface area contributed by atoms with Gasteiger partial charge >= 0.3 is 0 Å². The van der Waals surface area contributed by atoms with Crippen molar-refractivity contribution in [2.75, 3.05) is 0 Å². The highest BCUT2D eigenvalue weighted by molar-refractivity contribution is 7.99. The molecular weight excluding hydrogens is 300 g/mol. The van der Waals surface area contributed by atoms with Crippen LogP contribution < -0.4 is 0 Å². The number of aryl methyl sites for hydroxylation is 1. The van der Waals surface area contributed by atoms with Gasteiger partial charge in [-0.15, -0.1) is 0 Å². The fourth-order valence-electron chi connectivity index (χ4n) is 2.45.